The molecule has 1 saturated carbocycles. The van der Waals surface area contributed by atoms with E-state index in [2.05, 4.69) is 10.3 Å². The number of nitrogens with zero attached hydrogens (tertiary/aromatic N) is 1. The van der Waals surface area contributed by atoms with Gasteiger partial charge in [0.25, 0.3) is 0 Å². The van der Waals surface area contributed by atoms with Crippen molar-refractivity contribution in [2.45, 2.75) is 38.3 Å². The van der Waals surface area contributed by atoms with Crippen molar-refractivity contribution in [1.29, 1.82) is 0 Å². The van der Waals surface area contributed by atoms with Crippen LogP contribution in [0.3, 0.4) is 0 Å². The third-order valence-electron chi connectivity index (χ3n) is 4.14. The van der Waals surface area contributed by atoms with Crippen molar-refractivity contribution in [2.24, 2.45) is 5.92 Å². The Bertz CT molecular complexity index is 721. The summed E-state index contributed by atoms with van der Waals surface area (Å²) >= 11 is 1.30. The van der Waals surface area contributed by atoms with E-state index in [4.69, 9.17) is 0 Å². The number of halogens is 3. The standard InChI is InChI=1S/C17H17F3N2OS/c18-17(19,20)13-7-3-4-11(8-13)9-14-10-21-16(24-14)22-15(23)12-5-1-2-6-12/h3-4,7-8,10,12H,1-2,5-6,9H2,(H,21,22,23). The predicted octanol–water partition coefficient (Wildman–Crippen LogP) is 4.88. The Balaban J connectivity index is 1.65. The summed E-state index contributed by atoms with van der Waals surface area (Å²) < 4.78 is 38.2. The first-order valence-electron chi connectivity index (χ1n) is 7.83. The Kier molecular flexibility index (Phi) is 4.89. The molecular weight excluding hydrogens is 337 g/mol. The first kappa shape index (κ1) is 17.0. The fourth-order valence-corrected chi connectivity index (χ4v) is 3.75. The molecule has 1 aliphatic rings. The SMILES string of the molecule is O=C(Nc1ncc(Cc2cccc(C(F)(F)F)c2)s1)C1CCCC1. The molecule has 3 rings (SSSR count). The zero-order valence-electron chi connectivity index (χ0n) is 12.9. The van der Waals surface area contributed by atoms with Crippen LogP contribution < -0.4 is 5.32 Å². The first-order chi connectivity index (χ1) is 11.4. The summed E-state index contributed by atoms with van der Waals surface area (Å²) in [6.45, 7) is 0. The molecule has 1 heterocycles. The van der Waals surface area contributed by atoms with E-state index >= 15 is 0 Å². The molecule has 1 N–H and O–H groups in total. The number of alkyl halides is 3. The Labute approximate surface area is 141 Å². The fourth-order valence-electron chi connectivity index (χ4n) is 2.90. The topological polar surface area (TPSA) is 42.0 Å². The Morgan fingerprint density at radius 2 is 2.04 bits per heavy atom. The number of hydrogen-bond donors (Lipinski definition) is 1. The van der Waals surface area contributed by atoms with Crippen molar-refractivity contribution in [2.75, 3.05) is 5.32 Å². The number of anilines is 1. The van der Waals surface area contributed by atoms with Crippen LogP contribution in [0.2, 0.25) is 0 Å². The van der Waals surface area contributed by atoms with Crippen LogP contribution in [0, 0.1) is 5.92 Å². The number of thiazole rings is 1. The van der Waals surface area contributed by atoms with Gasteiger partial charge in [0.15, 0.2) is 5.13 Å². The molecule has 0 saturated heterocycles. The first-order valence-corrected chi connectivity index (χ1v) is 8.65. The predicted molar refractivity (Wildman–Crippen MR) is 87.0 cm³/mol. The van der Waals surface area contributed by atoms with Crippen LogP contribution in [-0.2, 0) is 17.4 Å². The van der Waals surface area contributed by atoms with Gasteiger partial charge in [-0.25, -0.2) is 4.98 Å². The maximum atomic E-state index is 12.7. The van der Waals surface area contributed by atoms with Gasteiger partial charge in [-0.1, -0.05) is 31.0 Å². The van der Waals surface area contributed by atoms with E-state index in [9.17, 15) is 18.0 Å². The second-order valence-electron chi connectivity index (χ2n) is 5.98. The number of carbonyl (C=O) groups excluding carboxylic acids is 1. The van der Waals surface area contributed by atoms with E-state index in [1.165, 1.54) is 17.4 Å². The normalized spacial score (nSPS) is 15.6. The molecule has 0 spiro atoms. The molecule has 3 nitrogen and oxygen atoms in total. The van der Waals surface area contributed by atoms with Gasteiger partial charge in [0.2, 0.25) is 5.91 Å². The Hall–Kier alpha value is -1.89. The van der Waals surface area contributed by atoms with Gasteiger partial charge >= 0.3 is 6.18 Å². The molecule has 128 valence electrons. The summed E-state index contributed by atoms with van der Waals surface area (Å²) in [5.74, 6) is 0.0493. The van der Waals surface area contributed by atoms with Crippen LogP contribution in [0.5, 0.6) is 0 Å². The monoisotopic (exact) mass is 354 g/mol. The zero-order chi connectivity index (χ0) is 17.2. The number of hydrogen-bond acceptors (Lipinski definition) is 3. The van der Waals surface area contributed by atoms with E-state index in [1.54, 1.807) is 12.3 Å². The smallest absolute Gasteiger partial charge is 0.302 e. The molecule has 7 heteroatoms. The average Bonchev–Trinajstić information content (AvgIpc) is 3.18. The highest BCUT2D eigenvalue weighted by Gasteiger charge is 2.30. The van der Waals surface area contributed by atoms with E-state index in [0.717, 1.165) is 42.7 Å². The van der Waals surface area contributed by atoms with Gasteiger partial charge < -0.3 is 5.32 Å². The minimum Gasteiger partial charge on any atom is -0.302 e. The van der Waals surface area contributed by atoms with Crippen LogP contribution in [-0.4, -0.2) is 10.9 Å². The van der Waals surface area contributed by atoms with E-state index in [1.807, 2.05) is 0 Å². The average molecular weight is 354 g/mol. The van der Waals surface area contributed by atoms with Gasteiger partial charge in [-0.2, -0.15) is 13.2 Å². The molecule has 0 unspecified atom stereocenters. The van der Waals surface area contributed by atoms with Crippen LogP contribution in [0.25, 0.3) is 0 Å². The van der Waals surface area contributed by atoms with Crippen LogP contribution in [0.15, 0.2) is 30.5 Å². The van der Waals surface area contributed by atoms with E-state index in [-0.39, 0.29) is 11.8 Å². The van der Waals surface area contributed by atoms with Crippen molar-refractivity contribution in [3.8, 4) is 0 Å². The second kappa shape index (κ2) is 6.93. The quantitative estimate of drug-likeness (QED) is 0.850. The Morgan fingerprint density at radius 3 is 2.75 bits per heavy atom. The zero-order valence-corrected chi connectivity index (χ0v) is 13.7. The lowest BCUT2D eigenvalue weighted by Crippen LogP contribution is -2.19. The summed E-state index contributed by atoms with van der Waals surface area (Å²) in [7, 11) is 0. The van der Waals surface area contributed by atoms with Crippen molar-refractivity contribution >= 4 is 22.4 Å². The number of benzene rings is 1. The van der Waals surface area contributed by atoms with E-state index in [0.29, 0.717) is 17.1 Å². The molecular formula is C17H17F3N2OS. The lowest BCUT2D eigenvalue weighted by molar-refractivity contribution is -0.137. The van der Waals surface area contributed by atoms with Gasteiger partial charge in [0, 0.05) is 23.4 Å². The molecule has 0 atom stereocenters. The lowest BCUT2D eigenvalue weighted by atomic mass is 10.1. The van der Waals surface area contributed by atoms with Gasteiger partial charge in [-0.3, -0.25) is 4.79 Å². The summed E-state index contributed by atoms with van der Waals surface area (Å²) in [6, 6.07) is 5.27. The molecule has 1 fully saturated rings. The minimum absolute atomic E-state index is 0.00697. The van der Waals surface area contributed by atoms with Crippen molar-refractivity contribution in [3.63, 3.8) is 0 Å². The van der Waals surface area contributed by atoms with Crippen LogP contribution in [0.1, 0.15) is 41.7 Å². The van der Waals surface area contributed by atoms with E-state index < -0.39 is 11.7 Å². The van der Waals surface area contributed by atoms with Gasteiger partial charge in [-0.15, -0.1) is 11.3 Å². The summed E-state index contributed by atoms with van der Waals surface area (Å²) in [4.78, 5) is 17.0. The van der Waals surface area contributed by atoms with Crippen molar-refractivity contribution in [3.05, 3.63) is 46.5 Å². The lowest BCUT2D eigenvalue weighted by Gasteiger charge is -2.08. The largest absolute Gasteiger partial charge is 0.416 e. The fraction of sp³-hybridized carbons (Fsp3) is 0.412. The molecule has 24 heavy (non-hydrogen) atoms. The van der Waals surface area contributed by atoms with Crippen molar-refractivity contribution in [1.82, 2.24) is 4.98 Å². The molecule has 1 aliphatic carbocycles. The molecule has 2 aromatic rings. The summed E-state index contributed by atoms with van der Waals surface area (Å²) in [5.41, 5.74) is -0.0820. The molecule has 1 aromatic heterocycles. The highest BCUT2D eigenvalue weighted by Crippen LogP contribution is 2.31. The third kappa shape index (κ3) is 4.14. The second-order valence-corrected chi connectivity index (χ2v) is 7.09. The number of amides is 1. The number of nitrogens with one attached hydrogen (secondary N) is 1. The highest BCUT2D eigenvalue weighted by atomic mass is 32.1. The number of aromatic nitrogens is 1. The number of carbonyl (C=O) groups is 1. The third-order valence-corrected chi connectivity index (χ3v) is 5.06. The van der Waals surface area contributed by atoms with Crippen molar-refractivity contribution < 1.29 is 18.0 Å². The summed E-state index contributed by atoms with van der Waals surface area (Å²) in [6.07, 6.45) is 1.61. The number of rotatable bonds is 4. The van der Waals surface area contributed by atoms with Gasteiger partial charge in [0.1, 0.15) is 0 Å². The molecule has 0 bridgehead atoms. The molecule has 0 aliphatic heterocycles. The highest BCUT2D eigenvalue weighted by molar-refractivity contribution is 7.15. The summed E-state index contributed by atoms with van der Waals surface area (Å²) in [5, 5.41) is 3.32. The van der Waals surface area contributed by atoms with Gasteiger partial charge in [-0.05, 0) is 24.5 Å². The van der Waals surface area contributed by atoms with Crippen LogP contribution >= 0.6 is 11.3 Å². The maximum Gasteiger partial charge on any atom is 0.416 e. The molecule has 0 radical (unpaired) electrons. The van der Waals surface area contributed by atoms with Crippen LogP contribution in [0.4, 0.5) is 18.3 Å². The molecule has 1 aromatic carbocycles. The Morgan fingerprint density at radius 1 is 1.29 bits per heavy atom. The minimum atomic E-state index is -4.34. The molecule has 1 amide bonds. The van der Waals surface area contributed by atoms with Gasteiger partial charge in [0.05, 0.1) is 5.56 Å². The maximum absolute atomic E-state index is 12.7.